The molecule has 4 rings (SSSR count). The van der Waals surface area contributed by atoms with Crippen molar-refractivity contribution in [1.29, 1.82) is 0 Å². The molecular weight excluding hydrogens is 334 g/mol. The maximum Gasteiger partial charge on any atom is 0.251 e. The van der Waals surface area contributed by atoms with E-state index >= 15 is 0 Å². The molecule has 1 aliphatic rings. The van der Waals surface area contributed by atoms with Crippen LogP contribution in [0.25, 0.3) is 11.4 Å². The molecule has 1 aromatic heterocycles. The monoisotopic (exact) mass is 351 g/mol. The zero-order valence-electron chi connectivity index (χ0n) is 14.2. The van der Waals surface area contributed by atoms with Gasteiger partial charge in [0, 0.05) is 24.2 Å². The predicted molar refractivity (Wildman–Crippen MR) is 92.7 cm³/mol. The summed E-state index contributed by atoms with van der Waals surface area (Å²) in [5, 5.41) is 14.6. The number of amides is 1. The van der Waals surface area contributed by atoms with Crippen LogP contribution < -0.4 is 14.8 Å². The second-order valence-electron chi connectivity index (χ2n) is 5.77. The number of carbonyl (C=O) groups excluding carboxylic acids is 1. The maximum absolute atomic E-state index is 12.5. The van der Waals surface area contributed by atoms with E-state index in [2.05, 4.69) is 20.8 Å². The molecule has 8 heteroatoms. The third-order valence-corrected chi connectivity index (χ3v) is 4.10. The van der Waals surface area contributed by atoms with Crippen molar-refractivity contribution < 1.29 is 14.3 Å². The van der Waals surface area contributed by atoms with E-state index in [1.54, 1.807) is 16.8 Å². The Morgan fingerprint density at radius 3 is 2.96 bits per heavy atom. The van der Waals surface area contributed by atoms with E-state index in [1.807, 2.05) is 37.3 Å². The Bertz CT molecular complexity index is 954. The molecule has 2 heterocycles. The molecule has 0 radical (unpaired) electrons. The summed E-state index contributed by atoms with van der Waals surface area (Å²) in [5.74, 6) is 1.89. The van der Waals surface area contributed by atoms with Gasteiger partial charge in [-0.05, 0) is 47.2 Å². The van der Waals surface area contributed by atoms with E-state index in [9.17, 15) is 4.79 Å². The number of benzene rings is 2. The average molecular weight is 351 g/mol. The molecule has 8 nitrogen and oxygen atoms in total. The highest BCUT2D eigenvalue weighted by atomic mass is 16.7. The molecule has 0 aliphatic carbocycles. The van der Waals surface area contributed by atoms with Crippen molar-refractivity contribution in [2.75, 3.05) is 6.79 Å². The van der Waals surface area contributed by atoms with Gasteiger partial charge in [0.25, 0.3) is 5.91 Å². The minimum atomic E-state index is -0.167. The molecule has 1 amide bonds. The standard InChI is InChI=1S/C18H17N5O3/c1-2-23-17(20-21-22-23)13-4-3-5-14(9-13)18(24)19-10-12-6-7-15-16(8-12)26-11-25-15/h3-9H,2,10-11H2,1H3,(H,19,24). The van der Waals surface area contributed by atoms with Gasteiger partial charge in [-0.2, -0.15) is 0 Å². The highest BCUT2D eigenvalue weighted by Gasteiger charge is 2.14. The lowest BCUT2D eigenvalue weighted by atomic mass is 10.1. The van der Waals surface area contributed by atoms with Crippen LogP contribution >= 0.6 is 0 Å². The Kier molecular flexibility index (Phi) is 4.22. The highest BCUT2D eigenvalue weighted by molar-refractivity contribution is 5.95. The molecular formula is C18H17N5O3. The minimum Gasteiger partial charge on any atom is -0.454 e. The molecule has 3 aromatic rings. The molecule has 0 unspecified atom stereocenters. The SMILES string of the molecule is CCn1nnnc1-c1cccc(C(=O)NCc2ccc3c(c2)OCO3)c1. The molecule has 1 N–H and O–H groups in total. The zero-order valence-corrected chi connectivity index (χ0v) is 14.2. The van der Waals surface area contributed by atoms with Gasteiger partial charge in [-0.25, -0.2) is 4.68 Å². The second kappa shape index (κ2) is 6.83. The lowest BCUT2D eigenvalue weighted by molar-refractivity contribution is 0.0951. The number of ether oxygens (including phenoxy) is 2. The normalized spacial score (nSPS) is 12.2. The summed E-state index contributed by atoms with van der Waals surface area (Å²) in [6.07, 6.45) is 0. The zero-order chi connectivity index (χ0) is 17.9. The summed E-state index contributed by atoms with van der Waals surface area (Å²) >= 11 is 0. The fourth-order valence-electron chi connectivity index (χ4n) is 2.76. The lowest BCUT2D eigenvalue weighted by Crippen LogP contribution is -2.22. The van der Waals surface area contributed by atoms with Gasteiger partial charge in [-0.15, -0.1) is 5.10 Å². The van der Waals surface area contributed by atoms with Crippen molar-refractivity contribution in [3.63, 3.8) is 0 Å². The summed E-state index contributed by atoms with van der Waals surface area (Å²) in [4.78, 5) is 12.5. The molecule has 132 valence electrons. The fraction of sp³-hybridized carbons (Fsp3) is 0.222. The lowest BCUT2D eigenvalue weighted by Gasteiger charge is -2.08. The van der Waals surface area contributed by atoms with Crippen LogP contribution in [0.3, 0.4) is 0 Å². The Hall–Kier alpha value is -3.42. The van der Waals surface area contributed by atoms with Crippen LogP contribution in [0.15, 0.2) is 42.5 Å². The topological polar surface area (TPSA) is 91.2 Å². The predicted octanol–water partition coefficient (Wildman–Crippen LogP) is 2.02. The highest BCUT2D eigenvalue weighted by Crippen LogP contribution is 2.32. The van der Waals surface area contributed by atoms with Crippen LogP contribution in [0.5, 0.6) is 11.5 Å². The van der Waals surface area contributed by atoms with E-state index in [1.165, 1.54) is 0 Å². The number of aromatic nitrogens is 4. The van der Waals surface area contributed by atoms with E-state index in [4.69, 9.17) is 9.47 Å². The number of aryl methyl sites for hydroxylation is 1. The van der Waals surface area contributed by atoms with Gasteiger partial charge in [-0.3, -0.25) is 4.79 Å². The van der Waals surface area contributed by atoms with Crippen molar-refractivity contribution in [1.82, 2.24) is 25.5 Å². The quantitative estimate of drug-likeness (QED) is 0.756. The van der Waals surface area contributed by atoms with Gasteiger partial charge in [-0.1, -0.05) is 18.2 Å². The molecule has 0 spiro atoms. The number of carbonyl (C=O) groups is 1. The van der Waals surface area contributed by atoms with Crippen molar-refractivity contribution >= 4 is 5.91 Å². The first kappa shape index (κ1) is 16.1. The number of nitrogens with one attached hydrogen (secondary N) is 1. The van der Waals surface area contributed by atoms with Crippen molar-refractivity contribution in [3.05, 3.63) is 53.6 Å². The first-order valence-corrected chi connectivity index (χ1v) is 8.28. The smallest absolute Gasteiger partial charge is 0.251 e. The summed E-state index contributed by atoms with van der Waals surface area (Å²) < 4.78 is 12.3. The Morgan fingerprint density at radius 2 is 2.08 bits per heavy atom. The molecule has 0 fully saturated rings. The number of hydrogen-bond acceptors (Lipinski definition) is 6. The summed E-state index contributed by atoms with van der Waals surface area (Å²) in [7, 11) is 0. The van der Waals surface area contributed by atoms with Crippen LogP contribution in [0.4, 0.5) is 0 Å². The molecule has 0 saturated heterocycles. The van der Waals surface area contributed by atoms with Gasteiger partial charge < -0.3 is 14.8 Å². The Morgan fingerprint density at radius 1 is 1.19 bits per heavy atom. The fourth-order valence-corrected chi connectivity index (χ4v) is 2.76. The third-order valence-electron chi connectivity index (χ3n) is 4.10. The summed E-state index contributed by atoms with van der Waals surface area (Å²) in [6, 6.07) is 12.9. The third kappa shape index (κ3) is 3.08. The molecule has 0 bridgehead atoms. The number of fused-ring (bicyclic) bond motifs is 1. The molecule has 0 atom stereocenters. The average Bonchev–Trinajstić information content (AvgIpc) is 3.34. The molecule has 26 heavy (non-hydrogen) atoms. The summed E-state index contributed by atoms with van der Waals surface area (Å²) in [5.41, 5.74) is 2.29. The van der Waals surface area contributed by atoms with Gasteiger partial charge in [0.15, 0.2) is 17.3 Å². The number of nitrogens with zero attached hydrogens (tertiary/aromatic N) is 4. The Labute approximate surface area is 149 Å². The van der Waals surface area contributed by atoms with Gasteiger partial charge >= 0.3 is 0 Å². The first-order chi connectivity index (χ1) is 12.7. The minimum absolute atomic E-state index is 0.167. The molecule has 2 aromatic carbocycles. The van der Waals surface area contributed by atoms with E-state index in [-0.39, 0.29) is 12.7 Å². The van der Waals surface area contributed by atoms with Crippen LogP contribution in [0, 0.1) is 0 Å². The molecule has 1 aliphatic heterocycles. The van der Waals surface area contributed by atoms with Crippen LogP contribution in [-0.4, -0.2) is 32.9 Å². The summed E-state index contributed by atoms with van der Waals surface area (Å²) in [6.45, 7) is 3.24. The number of rotatable bonds is 5. The number of hydrogen-bond donors (Lipinski definition) is 1. The van der Waals surface area contributed by atoms with Crippen molar-refractivity contribution in [2.45, 2.75) is 20.0 Å². The van der Waals surface area contributed by atoms with Gasteiger partial charge in [0.1, 0.15) is 0 Å². The van der Waals surface area contributed by atoms with Crippen LogP contribution in [0.1, 0.15) is 22.8 Å². The number of tetrazole rings is 1. The van der Waals surface area contributed by atoms with Crippen LogP contribution in [0.2, 0.25) is 0 Å². The van der Waals surface area contributed by atoms with Crippen molar-refractivity contribution in [2.24, 2.45) is 0 Å². The molecule has 0 saturated carbocycles. The first-order valence-electron chi connectivity index (χ1n) is 8.28. The Balaban J connectivity index is 1.47. The van der Waals surface area contributed by atoms with E-state index < -0.39 is 0 Å². The van der Waals surface area contributed by atoms with Crippen LogP contribution in [-0.2, 0) is 13.1 Å². The van der Waals surface area contributed by atoms with Crippen molar-refractivity contribution in [3.8, 4) is 22.9 Å². The largest absolute Gasteiger partial charge is 0.454 e. The van der Waals surface area contributed by atoms with Gasteiger partial charge in [0.05, 0.1) is 0 Å². The van der Waals surface area contributed by atoms with E-state index in [0.717, 1.165) is 16.9 Å². The van der Waals surface area contributed by atoms with E-state index in [0.29, 0.717) is 30.2 Å². The van der Waals surface area contributed by atoms with Gasteiger partial charge in [0.2, 0.25) is 6.79 Å². The maximum atomic E-state index is 12.5. The second-order valence-corrected chi connectivity index (χ2v) is 5.77.